The fourth-order valence-corrected chi connectivity index (χ4v) is 2.56. The summed E-state index contributed by atoms with van der Waals surface area (Å²) in [5, 5.41) is 0. The summed E-state index contributed by atoms with van der Waals surface area (Å²) in [7, 11) is 0. The van der Waals surface area contributed by atoms with Gasteiger partial charge in [-0.1, -0.05) is 13.8 Å². The van der Waals surface area contributed by atoms with Crippen LogP contribution in [0, 0.1) is 5.41 Å². The Morgan fingerprint density at radius 3 is 2.07 bits per heavy atom. The van der Waals surface area contributed by atoms with Crippen LogP contribution in [0.15, 0.2) is 0 Å². The van der Waals surface area contributed by atoms with Crippen molar-refractivity contribution in [3.8, 4) is 0 Å². The van der Waals surface area contributed by atoms with E-state index in [0.717, 1.165) is 19.3 Å². The third kappa shape index (κ3) is 3.18. The molecule has 0 bridgehead atoms. The SMILES string of the molecule is CC.CC(C)N1CCC2(CCOC2)CC1. The van der Waals surface area contributed by atoms with E-state index < -0.39 is 0 Å². The van der Waals surface area contributed by atoms with Gasteiger partial charge in [0.25, 0.3) is 0 Å². The maximum Gasteiger partial charge on any atom is 0.0524 e. The van der Waals surface area contributed by atoms with E-state index in [4.69, 9.17) is 4.74 Å². The number of hydrogen-bond donors (Lipinski definition) is 0. The molecular formula is C13H27NO. The van der Waals surface area contributed by atoms with E-state index in [1.54, 1.807) is 0 Å². The molecule has 0 aromatic heterocycles. The van der Waals surface area contributed by atoms with Gasteiger partial charge < -0.3 is 9.64 Å². The van der Waals surface area contributed by atoms with Crippen molar-refractivity contribution < 1.29 is 4.74 Å². The van der Waals surface area contributed by atoms with Crippen molar-refractivity contribution in [2.24, 2.45) is 5.41 Å². The highest BCUT2D eigenvalue weighted by molar-refractivity contribution is 4.89. The van der Waals surface area contributed by atoms with Crippen LogP contribution in [0.3, 0.4) is 0 Å². The van der Waals surface area contributed by atoms with Crippen molar-refractivity contribution in [1.29, 1.82) is 0 Å². The summed E-state index contributed by atoms with van der Waals surface area (Å²) >= 11 is 0. The number of piperidine rings is 1. The number of likely N-dealkylation sites (tertiary alicyclic amines) is 1. The predicted molar refractivity (Wildman–Crippen MR) is 65.2 cm³/mol. The molecule has 0 radical (unpaired) electrons. The molecule has 2 saturated heterocycles. The molecule has 0 aromatic rings. The Bertz CT molecular complexity index is 163. The van der Waals surface area contributed by atoms with Crippen LogP contribution in [0.25, 0.3) is 0 Å². The number of rotatable bonds is 1. The van der Waals surface area contributed by atoms with Crippen LogP contribution in [0.1, 0.15) is 47.0 Å². The van der Waals surface area contributed by atoms with Gasteiger partial charge in [0.1, 0.15) is 0 Å². The van der Waals surface area contributed by atoms with Crippen LogP contribution < -0.4 is 0 Å². The molecule has 15 heavy (non-hydrogen) atoms. The lowest BCUT2D eigenvalue weighted by Gasteiger charge is -2.40. The minimum absolute atomic E-state index is 0.575. The highest BCUT2D eigenvalue weighted by Crippen LogP contribution is 2.39. The molecule has 2 aliphatic rings. The summed E-state index contributed by atoms with van der Waals surface area (Å²) in [6.45, 7) is 13.2. The fourth-order valence-electron chi connectivity index (χ4n) is 2.56. The lowest BCUT2D eigenvalue weighted by Crippen LogP contribution is -2.43. The monoisotopic (exact) mass is 213 g/mol. The van der Waals surface area contributed by atoms with E-state index in [1.807, 2.05) is 13.8 Å². The van der Waals surface area contributed by atoms with Crippen LogP contribution in [0.4, 0.5) is 0 Å². The quantitative estimate of drug-likeness (QED) is 0.664. The van der Waals surface area contributed by atoms with Crippen molar-refractivity contribution in [3.63, 3.8) is 0 Å². The molecule has 0 N–H and O–H groups in total. The molecule has 0 saturated carbocycles. The Balaban J connectivity index is 0.000000531. The van der Waals surface area contributed by atoms with Gasteiger partial charge in [-0.2, -0.15) is 0 Å². The summed E-state index contributed by atoms with van der Waals surface area (Å²) in [6.07, 6.45) is 4.01. The van der Waals surface area contributed by atoms with Crippen LogP contribution in [-0.4, -0.2) is 37.2 Å². The lowest BCUT2D eigenvalue weighted by atomic mass is 9.78. The average Bonchev–Trinajstić information content (AvgIpc) is 2.70. The Morgan fingerprint density at radius 2 is 1.67 bits per heavy atom. The molecule has 0 aromatic carbocycles. The molecule has 2 rings (SSSR count). The Hall–Kier alpha value is -0.0800. The number of ether oxygens (including phenoxy) is 1. The van der Waals surface area contributed by atoms with E-state index >= 15 is 0 Å². The van der Waals surface area contributed by atoms with Crippen LogP contribution in [0.5, 0.6) is 0 Å². The standard InChI is InChI=1S/C11H21NO.C2H6/c1-10(2)12-6-3-11(4-7-12)5-8-13-9-11;1-2/h10H,3-9H2,1-2H3;1-2H3. The molecule has 90 valence electrons. The van der Waals surface area contributed by atoms with Gasteiger partial charge in [-0.15, -0.1) is 0 Å². The molecule has 2 nitrogen and oxygen atoms in total. The summed E-state index contributed by atoms with van der Waals surface area (Å²) in [4.78, 5) is 2.59. The number of nitrogens with zero attached hydrogens (tertiary/aromatic N) is 1. The molecule has 0 amide bonds. The maximum atomic E-state index is 5.51. The molecule has 2 fully saturated rings. The Kier molecular flexibility index (Phi) is 5.07. The van der Waals surface area contributed by atoms with E-state index in [-0.39, 0.29) is 0 Å². The minimum atomic E-state index is 0.575. The first-order valence-corrected chi connectivity index (χ1v) is 6.54. The highest BCUT2D eigenvalue weighted by atomic mass is 16.5. The van der Waals surface area contributed by atoms with Gasteiger partial charge in [0.15, 0.2) is 0 Å². The minimum Gasteiger partial charge on any atom is -0.381 e. The van der Waals surface area contributed by atoms with E-state index in [1.165, 1.54) is 32.4 Å². The fraction of sp³-hybridized carbons (Fsp3) is 1.00. The van der Waals surface area contributed by atoms with Crippen molar-refractivity contribution >= 4 is 0 Å². The normalized spacial score (nSPS) is 25.4. The largest absolute Gasteiger partial charge is 0.381 e. The molecule has 2 aliphatic heterocycles. The van der Waals surface area contributed by atoms with Crippen LogP contribution in [0.2, 0.25) is 0 Å². The predicted octanol–water partition coefficient (Wildman–Crippen LogP) is 2.92. The lowest BCUT2D eigenvalue weighted by molar-refractivity contribution is 0.0664. The third-order valence-electron chi connectivity index (χ3n) is 3.77. The third-order valence-corrected chi connectivity index (χ3v) is 3.77. The maximum absolute atomic E-state index is 5.51. The van der Waals surface area contributed by atoms with Crippen molar-refractivity contribution in [1.82, 2.24) is 4.90 Å². The summed E-state index contributed by atoms with van der Waals surface area (Å²) in [6, 6.07) is 0.722. The van der Waals surface area contributed by atoms with Crippen molar-refractivity contribution in [2.45, 2.75) is 53.0 Å². The van der Waals surface area contributed by atoms with Crippen LogP contribution in [-0.2, 0) is 4.74 Å². The first kappa shape index (κ1) is 13.0. The summed E-state index contributed by atoms with van der Waals surface area (Å²) < 4.78 is 5.51. The van der Waals surface area contributed by atoms with Gasteiger partial charge in [-0.25, -0.2) is 0 Å². The Morgan fingerprint density at radius 1 is 1.07 bits per heavy atom. The van der Waals surface area contributed by atoms with Gasteiger partial charge in [-0.3, -0.25) is 0 Å². The number of hydrogen-bond acceptors (Lipinski definition) is 2. The topological polar surface area (TPSA) is 12.5 Å². The first-order valence-electron chi connectivity index (χ1n) is 6.54. The molecule has 0 unspecified atom stereocenters. The zero-order valence-corrected chi connectivity index (χ0v) is 10.9. The smallest absolute Gasteiger partial charge is 0.0524 e. The second kappa shape index (κ2) is 5.86. The van der Waals surface area contributed by atoms with Crippen molar-refractivity contribution in [3.05, 3.63) is 0 Å². The van der Waals surface area contributed by atoms with E-state index in [2.05, 4.69) is 18.7 Å². The van der Waals surface area contributed by atoms with E-state index in [9.17, 15) is 0 Å². The molecule has 0 atom stereocenters. The summed E-state index contributed by atoms with van der Waals surface area (Å²) in [5.41, 5.74) is 0.575. The molecule has 2 heteroatoms. The van der Waals surface area contributed by atoms with Gasteiger partial charge in [-0.05, 0) is 51.6 Å². The second-order valence-electron chi connectivity index (χ2n) is 4.93. The van der Waals surface area contributed by atoms with Gasteiger partial charge in [0, 0.05) is 12.6 Å². The zero-order chi connectivity index (χ0) is 11.3. The average molecular weight is 213 g/mol. The molecule has 1 spiro atoms. The highest BCUT2D eigenvalue weighted by Gasteiger charge is 2.38. The van der Waals surface area contributed by atoms with E-state index in [0.29, 0.717) is 5.41 Å². The van der Waals surface area contributed by atoms with Gasteiger partial charge >= 0.3 is 0 Å². The molecular weight excluding hydrogens is 186 g/mol. The Labute approximate surface area is 95.0 Å². The summed E-state index contributed by atoms with van der Waals surface area (Å²) in [5.74, 6) is 0. The zero-order valence-electron chi connectivity index (χ0n) is 10.9. The van der Waals surface area contributed by atoms with Crippen molar-refractivity contribution in [2.75, 3.05) is 26.3 Å². The first-order chi connectivity index (χ1) is 7.22. The van der Waals surface area contributed by atoms with Crippen LogP contribution >= 0.6 is 0 Å². The van der Waals surface area contributed by atoms with Gasteiger partial charge in [0.05, 0.1) is 6.61 Å². The second-order valence-corrected chi connectivity index (χ2v) is 4.93. The van der Waals surface area contributed by atoms with Gasteiger partial charge in [0.2, 0.25) is 0 Å². The molecule has 0 aliphatic carbocycles. The molecule has 2 heterocycles.